The molecule has 0 fully saturated rings. The number of nitrogens with one attached hydrogen (secondary N) is 2. The third kappa shape index (κ3) is 6.78. The SMILES string of the molecule is CCCNCCNC(=O)c1ccc(S(=O)(=O)Cc2ccccc2)cc1.Cl. The maximum Gasteiger partial charge on any atom is 0.251 e. The monoisotopic (exact) mass is 396 g/mol. The molecule has 5 nitrogen and oxygen atoms in total. The Kier molecular flexibility index (Phi) is 9.34. The second kappa shape index (κ2) is 11.0. The normalized spacial score (nSPS) is 10.8. The summed E-state index contributed by atoms with van der Waals surface area (Å²) in [5, 5.41) is 6.01. The molecule has 2 aromatic rings. The molecular weight excluding hydrogens is 372 g/mol. The number of carbonyl (C=O) groups excluding carboxylic acids is 1. The molecule has 26 heavy (non-hydrogen) atoms. The molecule has 0 atom stereocenters. The van der Waals surface area contributed by atoms with Crippen LogP contribution in [0.3, 0.4) is 0 Å². The van der Waals surface area contributed by atoms with Crippen LogP contribution in [0.5, 0.6) is 0 Å². The zero-order valence-electron chi connectivity index (χ0n) is 14.8. The molecule has 0 aliphatic rings. The van der Waals surface area contributed by atoms with Crippen LogP contribution in [0.2, 0.25) is 0 Å². The van der Waals surface area contributed by atoms with E-state index >= 15 is 0 Å². The summed E-state index contributed by atoms with van der Waals surface area (Å²) in [5.41, 5.74) is 1.19. The van der Waals surface area contributed by atoms with Crippen molar-refractivity contribution in [3.05, 3.63) is 65.7 Å². The third-order valence-electron chi connectivity index (χ3n) is 3.69. The number of halogens is 1. The lowest BCUT2D eigenvalue weighted by Gasteiger charge is -2.08. The molecule has 0 aromatic heterocycles. The molecule has 7 heteroatoms. The molecule has 2 N–H and O–H groups in total. The molecular formula is C19H25ClN2O3S. The van der Waals surface area contributed by atoms with Crippen molar-refractivity contribution in [1.29, 1.82) is 0 Å². The minimum absolute atomic E-state index is 0. The highest BCUT2D eigenvalue weighted by Gasteiger charge is 2.16. The number of rotatable bonds is 9. The lowest BCUT2D eigenvalue weighted by molar-refractivity contribution is 0.0954. The van der Waals surface area contributed by atoms with E-state index in [0.29, 0.717) is 18.7 Å². The van der Waals surface area contributed by atoms with Gasteiger partial charge in [0.1, 0.15) is 0 Å². The molecule has 2 rings (SSSR count). The highest BCUT2D eigenvalue weighted by Crippen LogP contribution is 2.17. The molecule has 0 aliphatic heterocycles. The quantitative estimate of drug-likeness (QED) is 0.639. The second-order valence-corrected chi connectivity index (χ2v) is 7.76. The van der Waals surface area contributed by atoms with E-state index in [2.05, 4.69) is 17.6 Å². The number of carbonyl (C=O) groups is 1. The van der Waals surface area contributed by atoms with E-state index < -0.39 is 9.84 Å². The Hall–Kier alpha value is -1.89. The van der Waals surface area contributed by atoms with E-state index in [1.807, 2.05) is 18.2 Å². The molecule has 0 bridgehead atoms. The lowest BCUT2D eigenvalue weighted by atomic mass is 10.2. The first-order valence-corrected chi connectivity index (χ1v) is 10.0. The third-order valence-corrected chi connectivity index (χ3v) is 5.39. The predicted octanol–water partition coefficient (Wildman–Crippen LogP) is 2.81. The van der Waals surface area contributed by atoms with E-state index in [4.69, 9.17) is 0 Å². The number of hydrogen-bond donors (Lipinski definition) is 2. The maximum absolute atomic E-state index is 12.4. The number of benzene rings is 2. The van der Waals surface area contributed by atoms with Gasteiger partial charge in [0.25, 0.3) is 5.91 Å². The Morgan fingerprint density at radius 2 is 1.58 bits per heavy atom. The van der Waals surface area contributed by atoms with Gasteiger partial charge in [-0.25, -0.2) is 8.42 Å². The summed E-state index contributed by atoms with van der Waals surface area (Å²) >= 11 is 0. The van der Waals surface area contributed by atoms with Gasteiger partial charge < -0.3 is 10.6 Å². The topological polar surface area (TPSA) is 75.3 Å². The van der Waals surface area contributed by atoms with Crippen molar-refractivity contribution in [3.8, 4) is 0 Å². The van der Waals surface area contributed by atoms with Crippen LogP contribution < -0.4 is 10.6 Å². The Labute approximate surface area is 161 Å². The van der Waals surface area contributed by atoms with Crippen LogP contribution in [0.15, 0.2) is 59.5 Å². The van der Waals surface area contributed by atoms with Crippen LogP contribution >= 0.6 is 12.4 Å². The molecule has 0 unspecified atom stereocenters. The van der Waals surface area contributed by atoms with Gasteiger partial charge in [-0.3, -0.25) is 4.79 Å². The fourth-order valence-electron chi connectivity index (χ4n) is 2.36. The first-order valence-electron chi connectivity index (χ1n) is 8.38. The Balaban J connectivity index is 0.00000338. The molecule has 0 saturated heterocycles. The zero-order valence-corrected chi connectivity index (χ0v) is 16.4. The van der Waals surface area contributed by atoms with E-state index in [-0.39, 0.29) is 29.0 Å². The molecule has 0 radical (unpaired) electrons. The summed E-state index contributed by atoms with van der Waals surface area (Å²) in [7, 11) is -3.42. The summed E-state index contributed by atoms with van der Waals surface area (Å²) in [6, 6.07) is 15.1. The van der Waals surface area contributed by atoms with Crippen molar-refractivity contribution in [1.82, 2.24) is 10.6 Å². The minimum atomic E-state index is -3.42. The highest BCUT2D eigenvalue weighted by atomic mass is 35.5. The summed E-state index contributed by atoms with van der Waals surface area (Å²) in [4.78, 5) is 12.3. The Morgan fingerprint density at radius 3 is 2.19 bits per heavy atom. The van der Waals surface area contributed by atoms with Gasteiger partial charge in [0, 0.05) is 18.7 Å². The average Bonchev–Trinajstić information content (AvgIpc) is 2.62. The smallest absolute Gasteiger partial charge is 0.251 e. The predicted molar refractivity (Wildman–Crippen MR) is 107 cm³/mol. The maximum atomic E-state index is 12.4. The zero-order chi connectivity index (χ0) is 18.1. The highest BCUT2D eigenvalue weighted by molar-refractivity contribution is 7.90. The van der Waals surface area contributed by atoms with E-state index in [9.17, 15) is 13.2 Å². The average molecular weight is 397 g/mol. The molecule has 1 amide bonds. The summed E-state index contributed by atoms with van der Waals surface area (Å²) in [5.74, 6) is -0.257. The minimum Gasteiger partial charge on any atom is -0.351 e. The molecule has 2 aromatic carbocycles. The molecule has 142 valence electrons. The standard InChI is InChI=1S/C19H24N2O3S.ClH/c1-2-12-20-13-14-21-19(22)17-8-10-18(11-9-17)25(23,24)15-16-6-4-3-5-7-16;/h3-11,20H,2,12-15H2,1H3,(H,21,22);1H. The van der Waals surface area contributed by atoms with Gasteiger partial charge in [-0.15, -0.1) is 12.4 Å². The van der Waals surface area contributed by atoms with Crippen LogP contribution in [0.25, 0.3) is 0 Å². The number of amides is 1. The van der Waals surface area contributed by atoms with Crippen LogP contribution in [-0.2, 0) is 15.6 Å². The summed E-state index contributed by atoms with van der Waals surface area (Å²) in [6.07, 6.45) is 1.05. The molecule has 0 saturated carbocycles. The van der Waals surface area contributed by atoms with Gasteiger partial charge in [0.2, 0.25) is 0 Å². The van der Waals surface area contributed by atoms with Crippen molar-refractivity contribution in [3.63, 3.8) is 0 Å². The summed E-state index contributed by atoms with van der Waals surface area (Å²) in [6.45, 7) is 4.25. The second-order valence-electron chi connectivity index (χ2n) is 5.77. The number of hydrogen-bond acceptors (Lipinski definition) is 4. The lowest BCUT2D eigenvalue weighted by Crippen LogP contribution is -2.32. The van der Waals surface area contributed by atoms with Gasteiger partial charge in [-0.05, 0) is 42.8 Å². The van der Waals surface area contributed by atoms with Gasteiger partial charge in [0.05, 0.1) is 10.6 Å². The molecule has 0 spiro atoms. The summed E-state index contributed by atoms with van der Waals surface area (Å²) < 4.78 is 24.9. The van der Waals surface area contributed by atoms with Gasteiger partial charge in [0.15, 0.2) is 9.84 Å². The number of sulfone groups is 1. The van der Waals surface area contributed by atoms with E-state index in [1.165, 1.54) is 12.1 Å². The molecule has 0 aliphatic carbocycles. The van der Waals surface area contributed by atoms with Crippen molar-refractivity contribution in [2.45, 2.75) is 24.0 Å². The Morgan fingerprint density at radius 1 is 0.923 bits per heavy atom. The van der Waals surface area contributed by atoms with E-state index in [1.54, 1.807) is 24.3 Å². The van der Waals surface area contributed by atoms with Crippen molar-refractivity contribution >= 4 is 28.2 Å². The van der Waals surface area contributed by atoms with Gasteiger partial charge in [-0.2, -0.15) is 0 Å². The van der Waals surface area contributed by atoms with Crippen molar-refractivity contribution in [2.24, 2.45) is 0 Å². The van der Waals surface area contributed by atoms with Gasteiger partial charge >= 0.3 is 0 Å². The fourth-order valence-corrected chi connectivity index (χ4v) is 3.71. The van der Waals surface area contributed by atoms with Gasteiger partial charge in [-0.1, -0.05) is 37.3 Å². The van der Waals surface area contributed by atoms with Crippen LogP contribution in [0.4, 0.5) is 0 Å². The van der Waals surface area contributed by atoms with Crippen molar-refractivity contribution in [2.75, 3.05) is 19.6 Å². The van der Waals surface area contributed by atoms with Crippen LogP contribution in [-0.4, -0.2) is 34.0 Å². The first kappa shape index (κ1) is 22.2. The fraction of sp³-hybridized carbons (Fsp3) is 0.316. The molecule has 0 heterocycles. The van der Waals surface area contributed by atoms with E-state index in [0.717, 1.165) is 18.5 Å². The van der Waals surface area contributed by atoms with Crippen molar-refractivity contribution < 1.29 is 13.2 Å². The van der Waals surface area contributed by atoms with Crippen LogP contribution in [0, 0.1) is 0 Å². The van der Waals surface area contributed by atoms with Crippen LogP contribution in [0.1, 0.15) is 29.3 Å². The Bertz CT molecular complexity index is 778. The largest absolute Gasteiger partial charge is 0.351 e. The first-order chi connectivity index (χ1) is 12.0.